The minimum atomic E-state index is 0.0218. The molecular formula is C17H10BrNO. The molecule has 0 spiro atoms. The first-order chi connectivity index (χ1) is 9.72. The summed E-state index contributed by atoms with van der Waals surface area (Å²) in [5.41, 5.74) is 1.63. The van der Waals surface area contributed by atoms with Gasteiger partial charge in [-0.15, -0.1) is 0 Å². The Bertz CT molecular complexity index is 958. The van der Waals surface area contributed by atoms with Crippen LogP contribution in [0.1, 0.15) is 0 Å². The summed E-state index contributed by atoms with van der Waals surface area (Å²) in [5.74, 6) is 2.85. The lowest BCUT2D eigenvalue weighted by Gasteiger charge is -2.09. The standard InChI is InChI=1S/C17H10BrNO/c1-2-3-10-19-15-7-5-4-6-13(15)17(20)14-11-12(18)8-9-16(14)19/h2,4-9,11H,1H2. The first-order valence-electron chi connectivity index (χ1n) is 6.08. The number of rotatable bonds is 0. The van der Waals surface area contributed by atoms with E-state index in [0.717, 1.165) is 15.5 Å². The van der Waals surface area contributed by atoms with Gasteiger partial charge in [0.15, 0.2) is 5.43 Å². The Morgan fingerprint density at radius 2 is 1.85 bits per heavy atom. The molecule has 0 aliphatic rings. The van der Waals surface area contributed by atoms with E-state index in [0.29, 0.717) is 10.8 Å². The predicted molar refractivity (Wildman–Crippen MR) is 86.8 cm³/mol. The van der Waals surface area contributed by atoms with Crippen molar-refractivity contribution in [2.75, 3.05) is 0 Å². The van der Waals surface area contributed by atoms with Crippen molar-refractivity contribution in [1.29, 1.82) is 0 Å². The fourth-order valence-corrected chi connectivity index (χ4v) is 2.61. The van der Waals surface area contributed by atoms with E-state index in [1.54, 1.807) is 0 Å². The Balaban J connectivity index is 2.63. The van der Waals surface area contributed by atoms with Gasteiger partial charge >= 0.3 is 0 Å². The van der Waals surface area contributed by atoms with Crippen molar-refractivity contribution >= 4 is 37.7 Å². The molecule has 0 radical (unpaired) electrons. The number of aromatic nitrogens is 1. The third-order valence-electron chi connectivity index (χ3n) is 3.11. The smallest absolute Gasteiger partial charge is 0.197 e. The zero-order chi connectivity index (χ0) is 14.1. The number of hydrogen-bond acceptors (Lipinski definition) is 1. The number of para-hydroxylation sites is 1. The largest absolute Gasteiger partial charge is 0.288 e. The fourth-order valence-electron chi connectivity index (χ4n) is 2.25. The molecule has 0 amide bonds. The molecule has 2 nitrogen and oxygen atoms in total. The lowest BCUT2D eigenvalue weighted by molar-refractivity contribution is 1.23. The summed E-state index contributed by atoms with van der Waals surface area (Å²) in [5, 5.41) is 1.31. The molecule has 0 saturated carbocycles. The summed E-state index contributed by atoms with van der Waals surface area (Å²) in [6.45, 7) is 3.61. The van der Waals surface area contributed by atoms with E-state index in [4.69, 9.17) is 0 Å². The molecule has 96 valence electrons. The molecule has 1 heterocycles. The number of hydrogen-bond donors (Lipinski definition) is 0. The number of halogens is 1. The summed E-state index contributed by atoms with van der Waals surface area (Å²) >= 11 is 3.41. The highest BCUT2D eigenvalue weighted by molar-refractivity contribution is 9.10. The first kappa shape index (κ1) is 12.7. The van der Waals surface area contributed by atoms with Gasteiger partial charge in [0.1, 0.15) is 0 Å². The molecule has 0 N–H and O–H groups in total. The Kier molecular flexibility index (Phi) is 3.17. The SMILES string of the molecule is C=CC#Cn1c2ccccc2c(=O)c2cc(Br)ccc21. The van der Waals surface area contributed by atoms with Crippen LogP contribution in [0.25, 0.3) is 21.8 Å². The van der Waals surface area contributed by atoms with Gasteiger partial charge in [-0.05, 0) is 36.4 Å². The van der Waals surface area contributed by atoms with Crippen molar-refractivity contribution in [2.45, 2.75) is 0 Å². The van der Waals surface area contributed by atoms with Crippen LogP contribution in [0.15, 0.2) is 64.4 Å². The summed E-state index contributed by atoms with van der Waals surface area (Å²) in [6, 6.07) is 16.1. The Morgan fingerprint density at radius 1 is 1.10 bits per heavy atom. The molecule has 1 aromatic heterocycles. The van der Waals surface area contributed by atoms with Crippen LogP contribution >= 0.6 is 15.9 Å². The molecule has 0 aliphatic heterocycles. The van der Waals surface area contributed by atoms with Crippen LogP contribution in [-0.4, -0.2) is 4.57 Å². The monoisotopic (exact) mass is 323 g/mol. The first-order valence-corrected chi connectivity index (χ1v) is 6.87. The summed E-state index contributed by atoms with van der Waals surface area (Å²) in [6.07, 6.45) is 1.54. The van der Waals surface area contributed by atoms with Crippen molar-refractivity contribution in [2.24, 2.45) is 0 Å². The van der Waals surface area contributed by atoms with E-state index in [1.807, 2.05) is 47.0 Å². The van der Waals surface area contributed by atoms with E-state index in [-0.39, 0.29) is 5.43 Å². The lowest BCUT2D eigenvalue weighted by Crippen LogP contribution is -2.09. The molecule has 0 unspecified atom stereocenters. The highest BCUT2D eigenvalue weighted by Gasteiger charge is 2.09. The maximum absolute atomic E-state index is 12.6. The van der Waals surface area contributed by atoms with Gasteiger partial charge in [0.2, 0.25) is 0 Å². The van der Waals surface area contributed by atoms with Crippen LogP contribution in [-0.2, 0) is 0 Å². The second-order valence-corrected chi connectivity index (χ2v) is 5.22. The minimum Gasteiger partial charge on any atom is -0.288 e. The average molecular weight is 324 g/mol. The second kappa shape index (κ2) is 4.99. The van der Waals surface area contributed by atoms with Crippen LogP contribution in [0.3, 0.4) is 0 Å². The normalized spacial score (nSPS) is 10.2. The van der Waals surface area contributed by atoms with E-state index in [1.165, 1.54) is 6.08 Å². The van der Waals surface area contributed by atoms with Gasteiger partial charge in [0.05, 0.1) is 11.0 Å². The molecule has 2 aromatic carbocycles. The molecule has 0 atom stereocenters. The van der Waals surface area contributed by atoms with Gasteiger partial charge in [-0.1, -0.05) is 40.6 Å². The maximum atomic E-state index is 12.6. The molecule has 3 aromatic rings. The van der Waals surface area contributed by atoms with Gasteiger partial charge in [-0.3, -0.25) is 9.36 Å². The number of benzene rings is 2. The van der Waals surface area contributed by atoms with Gasteiger partial charge in [-0.2, -0.15) is 0 Å². The number of pyridine rings is 1. The quantitative estimate of drug-likeness (QED) is 0.454. The van der Waals surface area contributed by atoms with Crippen molar-refractivity contribution in [3.05, 3.63) is 69.8 Å². The minimum absolute atomic E-state index is 0.0218. The van der Waals surface area contributed by atoms with E-state index < -0.39 is 0 Å². The second-order valence-electron chi connectivity index (χ2n) is 4.30. The lowest BCUT2D eigenvalue weighted by atomic mass is 10.1. The average Bonchev–Trinajstić information content (AvgIpc) is 2.48. The third-order valence-corrected chi connectivity index (χ3v) is 3.61. The predicted octanol–water partition coefficient (Wildman–Crippen LogP) is 3.91. The van der Waals surface area contributed by atoms with E-state index >= 15 is 0 Å². The summed E-state index contributed by atoms with van der Waals surface area (Å²) in [7, 11) is 0. The highest BCUT2D eigenvalue weighted by atomic mass is 79.9. The van der Waals surface area contributed by atoms with Crippen LogP contribution in [0.4, 0.5) is 0 Å². The summed E-state index contributed by atoms with van der Waals surface area (Å²) < 4.78 is 2.71. The molecule has 0 bridgehead atoms. The van der Waals surface area contributed by atoms with Crippen LogP contribution in [0.2, 0.25) is 0 Å². The Hall–Kier alpha value is -2.31. The molecule has 3 heteroatoms. The van der Waals surface area contributed by atoms with Crippen LogP contribution in [0.5, 0.6) is 0 Å². The van der Waals surface area contributed by atoms with E-state index in [9.17, 15) is 4.79 Å². The van der Waals surface area contributed by atoms with Crippen LogP contribution < -0.4 is 5.43 Å². The Morgan fingerprint density at radius 3 is 2.65 bits per heavy atom. The molecule has 20 heavy (non-hydrogen) atoms. The molecule has 0 aliphatic carbocycles. The van der Waals surface area contributed by atoms with Gasteiger partial charge in [-0.25, -0.2) is 0 Å². The van der Waals surface area contributed by atoms with Crippen molar-refractivity contribution in [1.82, 2.24) is 4.57 Å². The number of nitrogens with zero attached hydrogens (tertiary/aromatic N) is 1. The van der Waals surface area contributed by atoms with Crippen molar-refractivity contribution < 1.29 is 0 Å². The Labute approximate surface area is 124 Å². The van der Waals surface area contributed by atoms with Crippen molar-refractivity contribution in [3.63, 3.8) is 0 Å². The molecular weight excluding hydrogens is 314 g/mol. The van der Waals surface area contributed by atoms with Crippen molar-refractivity contribution in [3.8, 4) is 12.0 Å². The molecule has 0 fully saturated rings. The zero-order valence-corrected chi connectivity index (χ0v) is 12.1. The number of fused-ring (bicyclic) bond motifs is 2. The fraction of sp³-hybridized carbons (Fsp3) is 0. The number of allylic oxidation sites excluding steroid dienone is 1. The highest BCUT2D eigenvalue weighted by Crippen LogP contribution is 2.21. The van der Waals surface area contributed by atoms with Gasteiger partial charge < -0.3 is 0 Å². The maximum Gasteiger partial charge on any atom is 0.197 e. The topological polar surface area (TPSA) is 22.0 Å². The zero-order valence-electron chi connectivity index (χ0n) is 10.6. The molecule has 0 saturated heterocycles. The van der Waals surface area contributed by atoms with E-state index in [2.05, 4.69) is 34.5 Å². The van der Waals surface area contributed by atoms with Gasteiger partial charge in [0, 0.05) is 21.3 Å². The van der Waals surface area contributed by atoms with Gasteiger partial charge in [0.25, 0.3) is 0 Å². The van der Waals surface area contributed by atoms with Crippen LogP contribution in [0, 0.1) is 12.0 Å². The summed E-state index contributed by atoms with van der Waals surface area (Å²) in [4.78, 5) is 12.6. The third kappa shape index (κ3) is 1.95. The molecule has 3 rings (SSSR count).